The maximum Gasteiger partial charge on any atom is 0.141 e. The second-order valence-corrected chi connectivity index (χ2v) is 7.07. The van der Waals surface area contributed by atoms with Crippen LogP contribution in [0.5, 0.6) is 0 Å². The number of fused-ring (bicyclic) bond motifs is 1. The SMILES string of the molecule is CC(C)(C)c1ccc(CN2CCn3ncnc3C2)c(Cl)c1. The summed E-state index contributed by atoms with van der Waals surface area (Å²) in [5.74, 6) is 1.03. The Labute approximate surface area is 130 Å². The molecule has 3 rings (SSSR count). The molecule has 0 saturated carbocycles. The molecule has 0 saturated heterocycles. The lowest BCUT2D eigenvalue weighted by Crippen LogP contribution is -2.33. The lowest BCUT2D eigenvalue weighted by Gasteiger charge is -2.27. The van der Waals surface area contributed by atoms with Crippen molar-refractivity contribution in [3.63, 3.8) is 0 Å². The van der Waals surface area contributed by atoms with Crippen molar-refractivity contribution in [2.24, 2.45) is 0 Å². The first kappa shape index (κ1) is 14.5. The Balaban J connectivity index is 1.74. The molecule has 4 nitrogen and oxygen atoms in total. The van der Waals surface area contributed by atoms with Crippen molar-refractivity contribution in [1.29, 1.82) is 0 Å². The molecule has 0 spiro atoms. The molecule has 0 aliphatic carbocycles. The average Bonchev–Trinajstić information content (AvgIpc) is 2.87. The maximum absolute atomic E-state index is 6.47. The van der Waals surface area contributed by atoms with Crippen LogP contribution in [0.3, 0.4) is 0 Å². The third-order valence-electron chi connectivity index (χ3n) is 4.00. The highest BCUT2D eigenvalue weighted by atomic mass is 35.5. The van der Waals surface area contributed by atoms with Gasteiger partial charge < -0.3 is 0 Å². The van der Waals surface area contributed by atoms with Crippen LogP contribution in [0.1, 0.15) is 37.7 Å². The summed E-state index contributed by atoms with van der Waals surface area (Å²) in [5.41, 5.74) is 2.58. The number of benzene rings is 1. The van der Waals surface area contributed by atoms with Crippen molar-refractivity contribution in [2.75, 3.05) is 6.54 Å². The highest BCUT2D eigenvalue weighted by Crippen LogP contribution is 2.28. The first-order valence-electron chi connectivity index (χ1n) is 7.31. The van der Waals surface area contributed by atoms with Crippen LogP contribution in [-0.4, -0.2) is 26.2 Å². The fourth-order valence-electron chi connectivity index (χ4n) is 2.63. The van der Waals surface area contributed by atoms with E-state index in [1.54, 1.807) is 6.33 Å². The van der Waals surface area contributed by atoms with Crippen LogP contribution in [0.2, 0.25) is 5.02 Å². The number of aromatic nitrogens is 3. The molecule has 0 N–H and O–H groups in total. The molecule has 0 fully saturated rings. The standard InChI is InChI=1S/C16H21ClN4/c1-16(2,3)13-5-4-12(14(17)8-13)9-20-6-7-21-15(10-20)18-11-19-21/h4-5,8,11H,6-7,9-10H2,1-3H3. The molecule has 2 heterocycles. The summed E-state index contributed by atoms with van der Waals surface area (Å²) in [5, 5.41) is 5.06. The molecule has 0 atom stereocenters. The smallest absolute Gasteiger partial charge is 0.141 e. The Morgan fingerprint density at radius 3 is 2.76 bits per heavy atom. The van der Waals surface area contributed by atoms with Crippen LogP contribution in [0.25, 0.3) is 0 Å². The van der Waals surface area contributed by atoms with Gasteiger partial charge in [-0.2, -0.15) is 5.10 Å². The van der Waals surface area contributed by atoms with E-state index < -0.39 is 0 Å². The van der Waals surface area contributed by atoms with E-state index in [4.69, 9.17) is 11.6 Å². The van der Waals surface area contributed by atoms with Crippen molar-refractivity contribution in [3.05, 3.63) is 46.5 Å². The summed E-state index contributed by atoms with van der Waals surface area (Å²) < 4.78 is 1.97. The van der Waals surface area contributed by atoms with Gasteiger partial charge in [-0.1, -0.05) is 44.5 Å². The van der Waals surface area contributed by atoms with Gasteiger partial charge in [0.2, 0.25) is 0 Å². The van der Waals surface area contributed by atoms with Crippen molar-refractivity contribution in [3.8, 4) is 0 Å². The molecule has 1 aromatic heterocycles. The molecule has 0 amide bonds. The molecule has 1 aromatic carbocycles. The number of hydrogen-bond acceptors (Lipinski definition) is 3. The summed E-state index contributed by atoms with van der Waals surface area (Å²) >= 11 is 6.47. The van der Waals surface area contributed by atoms with E-state index >= 15 is 0 Å². The summed E-state index contributed by atoms with van der Waals surface area (Å²) in [6.45, 7) is 10.2. The van der Waals surface area contributed by atoms with Crippen LogP contribution in [0.4, 0.5) is 0 Å². The Hall–Kier alpha value is -1.39. The summed E-state index contributed by atoms with van der Waals surface area (Å²) in [6, 6.07) is 6.44. The van der Waals surface area contributed by atoms with E-state index in [2.05, 4.69) is 54.0 Å². The molecule has 2 aromatic rings. The van der Waals surface area contributed by atoms with Gasteiger partial charge in [-0.25, -0.2) is 9.67 Å². The van der Waals surface area contributed by atoms with Crippen molar-refractivity contribution < 1.29 is 0 Å². The minimum absolute atomic E-state index is 0.129. The van der Waals surface area contributed by atoms with E-state index in [1.807, 2.05) is 4.68 Å². The van der Waals surface area contributed by atoms with E-state index in [-0.39, 0.29) is 5.41 Å². The van der Waals surface area contributed by atoms with E-state index in [1.165, 1.54) is 11.1 Å². The molecule has 0 bridgehead atoms. The first-order valence-corrected chi connectivity index (χ1v) is 7.69. The quantitative estimate of drug-likeness (QED) is 0.854. The number of hydrogen-bond donors (Lipinski definition) is 0. The van der Waals surface area contributed by atoms with E-state index in [0.29, 0.717) is 0 Å². The van der Waals surface area contributed by atoms with Gasteiger partial charge in [-0.15, -0.1) is 0 Å². The van der Waals surface area contributed by atoms with E-state index in [9.17, 15) is 0 Å². The largest absolute Gasteiger partial charge is 0.290 e. The molecule has 112 valence electrons. The highest BCUT2D eigenvalue weighted by Gasteiger charge is 2.19. The number of nitrogens with zero attached hydrogens (tertiary/aromatic N) is 4. The zero-order valence-corrected chi connectivity index (χ0v) is 13.6. The van der Waals surface area contributed by atoms with Crippen LogP contribution in [-0.2, 0) is 25.0 Å². The monoisotopic (exact) mass is 304 g/mol. The number of halogens is 1. The van der Waals surface area contributed by atoms with Crippen LogP contribution in [0, 0.1) is 0 Å². The van der Waals surface area contributed by atoms with Crippen LogP contribution < -0.4 is 0 Å². The van der Waals surface area contributed by atoms with Crippen molar-refractivity contribution in [1.82, 2.24) is 19.7 Å². The Morgan fingerprint density at radius 2 is 2.05 bits per heavy atom. The molecule has 1 aliphatic heterocycles. The Bertz CT molecular complexity index is 642. The predicted molar refractivity (Wildman–Crippen MR) is 84.3 cm³/mol. The normalized spacial score (nSPS) is 16.0. The maximum atomic E-state index is 6.47. The molecule has 21 heavy (non-hydrogen) atoms. The topological polar surface area (TPSA) is 34.0 Å². The fraction of sp³-hybridized carbons (Fsp3) is 0.500. The van der Waals surface area contributed by atoms with Gasteiger partial charge in [0.15, 0.2) is 0 Å². The first-order chi connectivity index (χ1) is 9.93. The molecule has 0 unspecified atom stereocenters. The molecule has 5 heteroatoms. The second-order valence-electron chi connectivity index (χ2n) is 6.67. The van der Waals surface area contributed by atoms with Gasteiger partial charge in [0.25, 0.3) is 0 Å². The van der Waals surface area contributed by atoms with Gasteiger partial charge in [0, 0.05) is 18.1 Å². The van der Waals surface area contributed by atoms with Crippen molar-refractivity contribution in [2.45, 2.75) is 45.8 Å². The highest BCUT2D eigenvalue weighted by molar-refractivity contribution is 6.31. The zero-order valence-electron chi connectivity index (χ0n) is 12.8. The third-order valence-corrected chi connectivity index (χ3v) is 4.35. The van der Waals surface area contributed by atoms with Crippen LogP contribution in [0.15, 0.2) is 24.5 Å². The lowest BCUT2D eigenvalue weighted by molar-refractivity contribution is 0.201. The zero-order chi connectivity index (χ0) is 15.0. The van der Waals surface area contributed by atoms with Crippen molar-refractivity contribution >= 4 is 11.6 Å². The Morgan fingerprint density at radius 1 is 1.24 bits per heavy atom. The predicted octanol–water partition coefficient (Wildman–Crippen LogP) is 3.24. The minimum atomic E-state index is 0.129. The van der Waals surface area contributed by atoms with Gasteiger partial charge in [-0.3, -0.25) is 4.90 Å². The molecular weight excluding hydrogens is 284 g/mol. The number of rotatable bonds is 2. The van der Waals surface area contributed by atoms with Gasteiger partial charge in [-0.05, 0) is 22.6 Å². The average molecular weight is 305 g/mol. The summed E-state index contributed by atoms with van der Waals surface area (Å²) in [4.78, 5) is 6.66. The van der Waals surface area contributed by atoms with Gasteiger partial charge in [0.05, 0.1) is 13.1 Å². The summed E-state index contributed by atoms with van der Waals surface area (Å²) in [7, 11) is 0. The minimum Gasteiger partial charge on any atom is -0.290 e. The second kappa shape index (κ2) is 5.43. The molecule has 1 aliphatic rings. The summed E-state index contributed by atoms with van der Waals surface area (Å²) in [6.07, 6.45) is 1.63. The Kier molecular flexibility index (Phi) is 3.76. The molecule has 0 radical (unpaired) electrons. The third kappa shape index (κ3) is 3.11. The fourth-order valence-corrected chi connectivity index (χ4v) is 2.87. The van der Waals surface area contributed by atoms with Crippen LogP contribution >= 0.6 is 11.6 Å². The molecular formula is C16H21ClN4. The lowest BCUT2D eigenvalue weighted by atomic mass is 9.86. The van der Waals surface area contributed by atoms with Gasteiger partial charge in [0.1, 0.15) is 12.2 Å². The van der Waals surface area contributed by atoms with E-state index in [0.717, 1.165) is 37.0 Å². The van der Waals surface area contributed by atoms with Gasteiger partial charge >= 0.3 is 0 Å².